The summed E-state index contributed by atoms with van der Waals surface area (Å²) in [7, 11) is 0. The number of rotatable bonds is 3. The number of hydrogen-bond acceptors (Lipinski definition) is 5. The Balaban J connectivity index is 2.69. The zero-order valence-corrected chi connectivity index (χ0v) is 12.5. The molecule has 1 unspecified atom stereocenters. The minimum Gasteiger partial charge on any atom is -0.383 e. The molecule has 0 aliphatic heterocycles. The fourth-order valence-electron chi connectivity index (χ4n) is 1.24. The van der Waals surface area contributed by atoms with Gasteiger partial charge < -0.3 is 16.4 Å². The van der Waals surface area contributed by atoms with Crippen molar-refractivity contribution in [2.75, 3.05) is 11.1 Å². The number of nitrogen functional groups attached to an aromatic ring is 1. The van der Waals surface area contributed by atoms with Gasteiger partial charge in [0, 0.05) is 11.6 Å². The van der Waals surface area contributed by atoms with Gasteiger partial charge in [0.2, 0.25) is 11.9 Å². The van der Waals surface area contributed by atoms with Gasteiger partial charge in [-0.15, -0.1) is 0 Å². The van der Waals surface area contributed by atoms with Gasteiger partial charge in [-0.3, -0.25) is 4.79 Å². The molecule has 1 amide bonds. The molecule has 1 atom stereocenters. The Morgan fingerprint density at radius 3 is 2.56 bits per heavy atom. The van der Waals surface area contributed by atoms with E-state index >= 15 is 0 Å². The van der Waals surface area contributed by atoms with Gasteiger partial charge in [-0.2, -0.15) is 4.98 Å². The summed E-state index contributed by atoms with van der Waals surface area (Å²) in [6, 6.07) is 1.14. The van der Waals surface area contributed by atoms with E-state index in [1.165, 1.54) is 0 Å². The van der Waals surface area contributed by atoms with Gasteiger partial charge in [0.05, 0.1) is 0 Å². The van der Waals surface area contributed by atoms with Crippen LogP contribution < -0.4 is 16.4 Å². The number of hydrogen-bond donors (Lipinski definition) is 3. The van der Waals surface area contributed by atoms with Crippen LogP contribution in [-0.4, -0.2) is 27.5 Å². The van der Waals surface area contributed by atoms with Crippen LogP contribution in [0.25, 0.3) is 0 Å². The van der Waals surface area contributed by atoms with Crippen LogP contribution in [0.2, 0.25) is 0 Å². The topological polar surface area (TPSA) is 92.9 Å². The lowest BCUT2D eigenvalue weighted by atomic mass is 10.1. The fourth-order valence-corrected chi connectivity index (χ4v) is 1.64. The lowest BCUT2D eigenvalue weighted by Crippen LogP contribution is -2.47. The number of aromatic nitrogens is 2. The van der Waals surface area contributed by atoms with Crippen molar-refractivity contribution in [1.29, 1.82) is 0 Å². The first-order valence-electron chi connectivity index (χ1n) is 5.56. The summed E-state index contributed by atoms with van der Waals surface area (Å²) >= 11 is 3.22. The first kappa shape index (κ1) is 14.7. The highest BCUT2D eigenvalue weighted by atomic mass is 79.9. The highest BCUT2D eigenvalue weighted by Gasteiger charge is 2.19. The maximum absolute atomic E-state index is 11.9. The normalized spacial score (nSPS) is 12.9. The number of carbonyl (C=O) groups excluding carboxylic acids is 1. The van der Waals surface area contributed by atoms with Gasteiger partial charge in [-0.05, 0) is 43.6 Å². The van der Waals surface area contributed by atoms with Gasteiger partial charge in [-0.25, -0.2) is 4.98 Å². The van der Waals surface area contributed by atoms with Crippen LogP contribution in [0.3, 0.4) is 0 Å². The van der Waals surface area contributed by atoms with Crippen LogP contribution in [0.5, 0.6) is 0 Å². The standard InChI is InChI=1S/C11H18BrN5O/c1-6(9(18)17-11(2,3)4)14-10-15-7(12)5-8(13)16-10/h5-6H,1-4H3,(H,17,18)(H3,13,14,15,16). The third kappa shape index (κ3) is 4.87. The largest absolute Gasteiger partial charge is 0.383 e. The quantitative estimate of drug-likeness (QED) is 0.736. The number of nitrogens with two attached hydrogens (primary N) is 1. The molecule has 1 rings (SSSR count). The second-order valence-corrected chi connectivity index (χ2v) is 5.86. The van der Waals surface area contributed by atoms with Crippen LogP contribution in [0, 0.1) is 0 Å². The Bertz CT molecular complexity index is 423. The van der Waals surface area contributed by atoms with Gasteiger partial charge in [0.15, 0.2) is 0 Å². The lowest BCUT2D eigenvalue weighted by molar-refractivity contribution is -0.122. The molecule has 0 aliphatic carbocycles. The molecule has 1 aromatic heterocycles. The SMILES string of the molecule is CC(Nc1nc(N)cc(Br)n1)C(=O)NC(C)(C)C. The minimum atomic E-state index is -0.446. The molecule has 0 bridgehead atoms. The van der Waals surface area contributed by atoms with Crippen molar-refractivity contribution < 1.29 is 4.79 Å². The Hall–Kier alpha value is -1.37. The van der Waals surface area contributed by atoms with E-state index in [1.54, 1.807) is 13.0 Å². The molecule has 0 aliphatic rings. The first-order chi connectivity index (χ1) is 8.17. The fraction of sp³-hybridized carbons (Fsp3) is 0.545. The molecule has 0 spiro atoms. The Morgan fingerprint density at radius 1 is 1.44 bits per heavy atom. The summed E-state index contributed by atoms with van der Waals surface area (Å²) in [6.07, 6.45) is 0. The Labute approximate surface area is 115 Å². The second kappa shape index (κ2) is 5.51. The molecule has 1 heterocycles. The third-order valence-corrected chi connectivity index (χ3v) is 2.36. The molecule has 0 aromatic carbocycles. The molecular weight excluding hydrogens is 298 g/mol. The van der Waals surface area contributed by atoms with Crippen LogP contribution in [0.15, 0.2) is 10.7 Å². The highest BCUT2D eigenvalue weighted by molar-refractivity contribution is 9.10. The first-order valence-corrected chi connectivity index (χ1v) is 6.35. The van der Waals surface area contributed by atoms with Crippen LogP contribution in [0.1, 0.15) is 27.7 Å². The van der Waals surface area contributed by atoms with E-state index in [0.29, 0.717) is 16.4 Å². The molecule has 4 N–H and O–H groups in total. The number of nitrogens with zero attached hydrogens (tertiary/aromatic N) is 2. The van der Waals surface area contributed by atoms with E-state index in [2.05, 4.69) is 36.5 Å². The Morgan fingerprint density at radius 2 is 2.06 bits per heavy atom. The zero-order chi connectivity index (χ0) is 13.9. The summed E-state index contributed by atoms with van der Waals surface area (Å²) in [4.78, 5) is 19.9. The number of anilines is 2. The predicted octanol–water partition coefficient (Wildman–Crippen LogP) is 1.54. The average molecular weight is 316 g/mol. The van der Waals surface area contributed by atoms with E-state index in [-0.39, 0.29) is 11.4 Å². The molecule has 0 radical (unpaired) electrons. The van der Waals surface area contributed by atoms with E-state index in [1.807, 2.05) is 20.8 Å². The maximum atomic E-state index is 11.9. The van der Waals surface area contributed by atoms with E-state index < -0.39 is 6.04 Å². The van der Waals surface area contributed by atoms with Crippen molar-refractivity contribution in [1.82, 2.24) is 15.3 Å². The smallest absolute Gasteiger partial charge is 0.242 e. The minimum absolute atomic E-state index is 0.121. The van der Waals surface area contributed by atoms with Gasteiger partial charge in [0.25, 0.3) is 0 Å². The van der Waals surface area contributed by atoms with Crippen molar-refractivity contribution >= 4 is 33.6 Å². The molecule has 7 heteroatoms. The number of amides is 1. The van der Waals surface area contributed by atoms with Crippen LogP contribution >= 0.6 is 15.9 Å². The Kier molecular flexibility index (Phi) is 4.50. The van der Waals surface area contributed by atoms with E-state index in [9.17, 15) is 4.79 Å². The predicted molar refractivity (Wildman–Crippen MR) is 75.1 cm³/mol. The monoisotopic (exact) mass is 315 g/mol. The van der Waals surface area contributed by atoms with Gasteiger partial charge >= 0.3 is 0 Å². The molecular formula is C11H18BrN5O. The molecule has 18 heavy (non-hydrogen) atoms. The third-order valence-electron chi connectivity index (χ3n) is 1.95. The summed E-state index contributed by atoms with van der Waals surface area (Å²) < 4.78 is 0.570. The summed E-state index contributed by atoms with van der Waals surface area (Å²) in [5.41, 5.74) is 5.32. The highest BCUT2D eigenvalue weighted by Crippen LogP contribution is 2.13. The summed E-state index contributed by atoms with van der Waals surface area (Å²) in [6.45, 7) is 7.50. The second-order valence-electron chi connectivity index (χ2n) is 5.04. The molecule has 1 aromatic rings. The average Bonchev–Trinajstić information content (AvgIpc) is 2.12. The van der Waals surface area contributed by atoms with Crippen LogP contribution in [0.4, 0.5) is 11.8 Å². The molecule has 6 nitrogen and oxygen atoms in total. The van der Waals surface area contributed by atoms with Gasteiger partial charge in [0.1, 0.15) is 16.5 Å². The van der Waals surface area contributed by atoms with Crippen molar-refractivity contribution in [2.24, 2.45) is 0 Å². The molecule has 0 saturated carbocycles. The van der Waals surface area contributed by atoms with Crippen molar-refractivity contribution in [3.8, 4) is 0 Å². The molecule has 0 fully saturated rings. The number of halogens is 1. The van der Waals surface area contributed by atoms with E-state index in [4.69, 9.17) is 5.73 Å². The summed E-state index contributed by atoms with van der Waals surface area (Å²) in [5.74, 6) is 0.533. The maximum Gasteiger partial charge on any atom is 0.242 e. The molecule has 0 saturated heterocycles. The zero-order valence-electron chi connectivity index (χ0n) is 10.9. The van der Waals surface area contributed by atoms with Crippen molar-refractivity contribution in [2.45, 2.75) is 39.3 Å². The number of nitrogens with one attached hydrogen (secondary N) is 2. The van der Waals surface area contributed by atoms with Crippen molar-refractivity contribution in [3.63, 3.8) is 0 Å². The molecule has 100 valence electrons. The van der Waals surface area contributed by atoms with Crippen molar-refractivity contribution in [3.05, 3.63) is 10.7 Å². The van der Waals surface area contributed by atoms with Gasteiger partial charge in [-0.1, -0.05) is 0 Å². The summed E-state index contributed by atoms with van der Waals surface area (Å²) in [5, 5.41) is 5.77. The lowest BCUT2D eigenvalue weighted by Gasteiger charge is -2.23. The number of carbonyl (C=O) groups is 1. The van der Waals surface area contributed by atoms with E-state index in [0.717, 1.165) is 0 Å². The van der Waals surface area contributed by atoms with Crippen LogP contribution in [-0.2, 0) is 4.79 Å².